The van der Waals surface area contributed by atoms with Crippen molar-refractivity contribution in [3.8, 4) is 0 Å². The van der Waals surface area contributed by atoms with Gasteiger partial charge in [0.1, 0.15) is 0 Å². The number of carbonyl (C=O) groups is 1. The second kappa shape index (κ2) is 6.40. The summed E-state index contributed by atoms with van der Waals surface area (Å²) in [5.41, 5.74) is 6.60. The van der Waals surface area contributed by atoms with Crippen molar-refractivity contribution >= 4 is 11.6 Å². The Hall–Kier alpha value is -1.55. The van der Waals surface area contributed by atoms with Crippen LogP contribution >= 0.6 is 0 Å². The molecule has 4 N–H and O–H groups in total. The third kappa shape index (κ3) is 5.19. The number of aryl methyl sites for hydroxylation is 1. The van der Waals surface area contributed by atoms with Crippen LogP contribution in [0.5, 0.6) is 0 Å². The third-order valence-corrected chi connectivity index (χ3v) is 3.02. The topological polar surface area (TPSA) is 75.3 Å². The highest BCUT2D eigenvalue weighted by Gasteiger charge is 2.18. The fraction of sp³-hybridized carbons (Fsp3) is 0.500. The number of benzene rings is 1. The molecule has 0 aromatic heterocycles. The summed E-state index contributed by atoms with van der Waals surface area (Å²) in [6.07, 6.45) is 1.68. The first-order valence-electron chi connectivity index (χ1n) is 6.26. The average Bonchev–Trinajstić information content (AvgIpc) is 2.34. The van der Waals surface area contributed by atoms with E-state index in [1.807, 2.05) is 31.2 Å². The number of anilines is 1. The molecule has 0 aliphatic carbocycles. The maximum atomic E-state index is 11.6. The molecule has 1 aromatic carbocycles. The Balaban J connectivity index is 2.34. The highest BCUT2D eigenvalue weighted by atomic mass is 16.3. The van der Waals surface area contributed by atoms with Gasteiger partial charge in [0, 0.05) is 18.7 Å². The van der Waals surface area contributed by atoms with Gasteiger partial charge in [0.05, 0.1) is 5.60 Å². The lowest BCUT2D eigenvalue weighted by Crippen LogP contribution is -2.40. The van der Waals surface area contributed by atoms with Crippen molar-refractivity contribution in [3.63, 3.8) is 0 Å². The maximum absolute atomic E-state index is 11.6. The Labute approximate surface area is 108 Å². The number of nitrogens with one attached hydrogen (secondary N) is 1. The second-order valence-corrected chi connectivity index (χ2v) is 4.87. The van der Waals surface area contributed by atoms with Gasteiger partial charge in [0.2, 0.25) is 5.91 Å². The summed E-state index contributed by atoms with van der Waals surface area (Å²) < 4.78 is 0. The highest BCUT2D eigenvalue weighted by Crippen LogP contribution is 2.09. The molecule has 0 bridgehead atoms. The molecule has 1 aromatic rings. The zero-order chi connectivity index (χ0) is 13.6. The Morgan fingerprint density at radius 1 is 1.50 bits per heavy atom. The molecular weight excluding hydrogens is 228 g/mol. The molecule has 1 unspecified atom stereocenters. The van der Waals surface area contributed by atoms with Gasteiger partial charge >= 0.3 is 0 Å². The quantitative estimate of drug-likeness (QED) is 0.669. The summed E-state index contributed by atoms with van der Waals surface area (Å²) in [6.45, 7) is 3.89. The molecule has 0 saturated heterocycles. The second-order valence-electron chi connectivity index (χ2n) is 4.87. The van der Waals surface area contributed by atoms with Gasteiger partial charge in [-0.15, -0.1) is 0 Å². The molecule has 0 heterocycles. The van der Waals surface area contributed by atoms with E-state index in [9.17, 15) is 9.90 Å². The lowest BCUT2D eigenvalue weighted by atomic mass is 10.0. The normalized spacial score (nSPS) is 13.9. The lowest BCUT2D eigenvalue weighted by molar-refractivity contribution is -0.122. The van der Waals surface area contributed by atoms with Gasteiger partial charge in [0.25, 0.3) is 0 Å². The monoisotopic (exact) mass is 250 g/mol. The van der Waals surface area contributed by atoms with Gasteiger partial charge in [-0.3, -0.25) is 4.79 Å². The van der Waals surface area contributed by atoms with Gasteiger partial charge in [-0.2, -0.15) is 0 Å². The van der Waals surface area contributed by atoms with Gasteiger partial charge < -0.3 is 16.2 Å². The van der Waals surface area contributed by atoms with Crippen LogP contribution in [0.3, 0.4) is 0 Å². The van der Waals surface area contributed by atoms with E-state index in [1.54, 1.807) is 6.92 Å². The number of hydrogen-bond donors (Lipinski definition) is 3. The fourth-order valence-corrected chi connectivity index (χ4v) is 1.51. The van der Waals surface area contributed by atoms with Crippen LogP contribution in [0.25, 0.3) is 0 Å². The first-order chi connectivity index (χ1) is 8.43. The van der Waals surface area contributed by atoms with Gasteiger partial charge in [-0.1, -0.05) is 19.1 Å². The van der Waals surface area contributed by atoms with Crippen LogP contribution in [0.4, 0.5) is 5.69 Å². The van der Waals surface area contributed by atoms with E-state index in [2.05, 4.69) is 5.32 Å². The van der Waals surface area contributed by atoms with E-state index < -0.39 is 5.60 Å². The van der Waals surface area contributed by atoms with Crippen molar-refractivity contribution in [2.24, 2.45) is 0 Å². The summed E-state index contributed by atoms with van der Waals surface area (Å²) in [7, 11) is 0. The molecule has 1 rings (SSSR count). The molecule has 4 nitrogen and oxygen atoms in total. The molecule has 18 heavy (non-hydrogen) atoms. The average molecular weight is 250 g/mol. The van der Waals surface area contributed by atoms with Crippen molar-refractivity contribution in [2.45, 2.75) is 38.7 Å². The smallest absolute Gasteiger partial charge is 0.220 e. The van der Waals surface area contributed by atoms with Crippen molar-refractivity contribution in [2.75, 3.05) is 12.3 Å². The van der Waals surface area contributed by atoms with Gasteiger partial charge in [-0.05, 0) is 37.5 Å². The Kier molecular flexibility index (Phi) is 5.16. The molecule has 4 heteroatoms. The highest BCUT2D eigenvalue weighted by molar-refractivity contribution is 5.76. The Morgan fingerprint density at radius 3 is 2.83 bits per heavy atom. The van der Waals surface area contributed by atoms with E-state index in [0.29, 0.717) is 31.5 Å². The van der Waals surface area contributed by atoms with E-state index in [4.69, 9.17) is 5.73 Å². The molecule has 0 spiro atoms. The number of nitrogen functional groups attached to an aromatic ring is 1. The molecule has 0 radical (unpaired) electrons. The lowest BCUT2D eigenvalue weighted by Gasteiger charge is -2.21. The van der Waals surface area contributed by atoms with Crippen LogP contribution in [-0.4, -0.2) is 23.2 Å². The summed E-state index contributed by atoms with van der Waals surface area (Å²) >= 11 is 0. The van der Waals surface area contributed by atoms with Crippen molar-refractivity contribution in [1.29, 1.82) is 0 Å². The Bertz CT molecular complexity index is 403. The largest absolute Gasteiger partial charge is 0.399 e. The van der Waals surface area contributed by atoms with Crippen molar-refractivity contribution in [3.05, 3.63) is 29.8 Å². The molecule has 0 fully saturated rings. The third-order valence-electron chi connectivity index (χ3n) is 3.02. The molecule has 0 aliphatic rings. The first kappa shape index (κ1) is 14.5. The fourth-order valence-electron chi connectivity index (χ4n) is 1.51. The molecule has 0 aliphatic heterocycles. The summed E-state index contributed by atoms with van der Waals surface area (Å²) in [6, 6.07) is 7.52. The van der Waals surface area contributed by atoms with Crippen LogP contribution in [-0.2, 0) is 11.2 Å². The molecule has 1 atom stereocenters. The van der Waals surface area contributed by atoms with Crippen LogP contribution < -0.4 is 11.1 Å². The number of amides is 1. The van der Waals surface area contributed by atoms with Gasteiger partial charge in [-0.25, -0.2) is 0 Å². The van der Waals surface area contributed by atoms with Crippen LogP contribution in [0.15, 0.2) is 24.3 Å². The summed E-state index contributed by atoms with van der Waals surface area (Å²) in [5.74, 6) is -0.0499. The first-order valence-corrected chi connectivity index (χ1v) is 6.26. The predicted molar refractivity (Wildman–Crippen MR) is 73.1 cm³/mol. The minimum atomic E-state index is -0.827. The zero-order valence-electron chi connectivity index (χ0n) is 11.1. The molecule has 0 saturated carbocycles. The van der Waals surface area contributed by atoms with E-state index in [-0.39, 0.29) is 5.91 Å². The van der Waals surface area contributed by atoms with Crippen LogP contribution in [0, 0.1) is 0 Å². The minimum absolute atomic E-state index is 0.0499. The SMILES string of the molecule is CCC(C)(O)CNC(=O)CCc1cccc(N)c1. The van der Waals surface area contributed by atoms with Crippen molar-refractivity contribution in [1.82, 2.24) is 5.32 Å². The van der Waals surface area contributed by atoms with E-state index >= 15 is 0 Å². The van der Waals surface area contributed by atoms with E-state index in [0.717, 1.165) is 5.56 Å². The minimum Gasteiger partial charge on any atom is -0.399 e. The van der Waals surface area contributed by atoms with Crippen LogP contribution in [0.1, 0.15) is 32.3 Å². The summed E-state index contributed by atoms with van der Waals surface area (Å²) in [5, 5.41) is 12.5. The predicted octanol–water partition coefficient (Wildman–Crippen LogP) is 1.48. The number of aliphatic hydroxyl groups is 1. The Morgan fingerprint density at radius 2 is 2.22 bits per heavy atom. The zero-order valence-corrected chi connectivity index (χ0v) is 11.1. The number of hydrogen-bond acceptors (Lipinski definition) is 3. The molecule has 1 amide bonds. The van der Waals surface area contributed by atoms with Gasteiger partial charge in [0.15, 0.2) is 0 Å². The number of nitrogens with two attached hydrogens (primary N) is 1. The van der Waals surface area contributed by atoms with E-state index in [1.165, 1.54) is 0 Å². The number of rotatable bonds is 6. The standard InChI is InChI=1S/C14H22N2O2/c1-3-14(2,18)10-16-13(17)8-7-11-5-4-6-12(15)9-11/h4-6,9,18H,3,7-8,10,15H2,1-2H3,(H,16,17). The molecule has 100 valence electrons. The number of carbonyl (C=O) groups excluding carboxylic acids is 1. The molecular formula is C14H22N2O2. The maximum Gasteiger partial charge on any atom is 0.220 e. The summed E-state index contributed by atoms with van der Waals surface area (Å²) in [4.78, 5) is 11.6. The van der Waals surface area contributed by atoms with Crippen LogP contribution in [0.2, 0.25) is 0 Å². The van der Waals surface area contributed by atoms with Crippen molar-refractivity contribution < 1.29 is 9.90 Å².